The van der Waals surface area contributed by atoms with Crippen LogP contribution in [0.4, 0.5) is 0 Å². The molecule has 1 fully saturated rings. The molecule has 2 rings (SSSR count). The molecule has 0 heterocycles. The molecule has 142 valence electrons. The van der Waals surface area contributed by atoms with Gasteiger partial charge in [-0.1, -0.05) is 19.1 Å². The Labute approximate surface area is 168 Å². The number of aryl methyl sites for hydroxylation is 1. The summed E-state index contributed by atoms with van der Waals surface area (Å²) in [5.41, 5.74) is 2.31. The molecule has 1 aliphatic carbocycles. The third-order valence-electron chi connectivity index (χ3n) is 4.08. The molecule has 1 aromatic rings. The van der Waals surface area contributed by atoms with Crippen LogP contribution in [0.1, 0.15) is 37.8 Å². The van der Waals surface area contributed by atoms with Crippen LogP contribution in [0.25, 0.3) is 0 Å². The average molecular weight is 461 g/mol. The predicted molar refractivity (Wildman–Crippen MR) is 114 cm³/mol. The molecular formula is C19H32IN3O2. The van der Waals surface area contributed by atoms with Gasteiger partial charge in [0.2, 0.25) is 0 Å². The van der Waals surface area contributed by atoms with Crippen LogP contribution in [-0.4, -0.2) is 37.4 Å². The van der Waals surface area contributed by atoms with E-state index in [9.17, 15) is 0 Å². The summed E-state index contributed by atoms with van der Waals surface area (Å²) in [5, 5.41) is 15.7. The van der Waals surface area contributed by atoms with Crippen molar-refractivity contribution < 1.29 is 9.84 Å². The second kappa shape index (κ2) is 11.6. The van der Waals surface area contributed by atoms with Gasteiger partial charge in [-0.05, 0) is 50.2 Å². The Bertz CT molecular complexity index is 547. The van der Waals surface area contributed by atoms with Gasteiger partial charge in [-0.15, -0.1) is 24.0 Å². The van der Waals surface area contributed by atoms with Crippen molar-refractivity contribution in [3.63, 3.8) is 0 Å². The van der Waals surface area contributed by atoms with Gasteiger partial charge >= 0.3 is 0 Å². The van der Waals surface area contributed by atoms with Crippen LogP contribution in [0.3, 0.4) is 0 Å². The van der Waals surface area contributed by atoms with Crippen molar-refractivity contribution in [1.82, 2.24) is 10.6 Å². The number of guanidine groups is 1. The lowest BCUT2D eigenvalue weighted by Gasteiger charge is -2.15. The normalized spacial score (nSPS) is 15.3. The van der Waals surface area contributed by atoms with E-state index in [4.69, 9.17) is 9.84 Å². The van der Waals surface area contributed by atoms with E-state index in [1.54, 1.807) is 0 Å². The number of hydrogen-bond acceptors (Lipinski definition) is 3. The van der Waals surface area contributed by atoms with E-state index in [0.29, 0.717) is 13.1 Å². The molecule has 25 heavy (non-hydrogen) atoms. The minimum atomic E-state index is 0. The summed E-state index contributed by atoms with van der Waals surface area (Å²) in [6, 6.07) is 6.30. The van der Waals surface area contributed by atoms with Gasteiger partial charge in [0.05, 0.1) is 13.2 Å². The standard InChI is InChI=1S/C19H31N3O2.HI/c1-4-20-19(21-10-15(3)12-23)22-11-17-8-5-14(2)9-18(17)24-13-16-6-7-16;/h5,8-9,15-16,23H,4,6-7,10-13H2,1-3H3,(H2,20,21,22);1H. The van der Waals surface area contributed by atoms with E-state index in [-0.39, 0.29) is 36.5 Å². The Balaban J connectivity index is 0.00000312. The maximum Gasteiger partial charge on any atom is 0.191 e. The van der Waals surface area contributed by atoms with Gasteiger partial charge in [0.25, 0.3) is 0 Å². The minimum absolute atomic E-state index is 0. The fraction of sp³-hybridized carbons (Fsp3) is 0.632. The first kappa shape index (κ1) is 22.0. The number of nitrogens with zero attached hydrogens (tertiary/aromatic N) is 1. The van der Waals surface area contributed by atoms with Crippen LogP contribution in [0.5, 0.6) is 5.75 Å². The first-order valence-corrected chi connectivity index (χ1v) is 8.97. The topological polar surface area (TPSA) is 65.9 Å². The van der Waals surface area contributed by atoms with Crippen LogP contribution >= 0.6 is 24.0 Å². The molecule has 1 saturated carbocycles. The molecule has 0 amide bonds. The third-order valence-corrected chi connectivity index (χ3v) is 4.08. The summed E-state index contributed by atoms with van der Waals surface area (Å²) in [6.07, 6.45) is 2.58. The monoisotopic (exact) mass is 461 g/mol. The number of ether oxygens (including phenoxy) is 1. The number of aliphatic imine (C=N–C) groups is 1. The van der Waals surface area contributed by atoms with Crippen LogP contribution in [0.2, 0.25) is 0 Å². The highest BCUT2D eigenvalue weighted by Gasteiger charge is 2.22. The van der Waals surface area contributed by atoms with Gasteiger partial charge in [0.15, 0.2) is 5.96 Å². The average Bonchev–Trinajstić information content (AvgIpc) is 3.40. The maximum absolute atomic E-state index is 9.14. The zero-order valence-electron chi connectivity index (χ0n) is 15.5. The predicted octanol–water partition coefficient (Wildman–Crippen LogP) is 3.09. The second-order valence-corrected chi connectivity index (χ2v) is 6.73. The molecule has 0 bridgehead atoms. The second-order valence-electron chi connectivity index (χ2n) is 6.73. The van der Waals surface area contributed by atoms with Crippen molar-refractivity contribution in [3.05, 3.63) is 29.3 Å². The quantitative estimate of drug-likeness (QED) is 0.301. The number of rotatable bonds is 9. The highest BCUT2D eigenvalue weighted by molar-refractivity contribution is 14.0. The zero-order chi connectivity index (χ0) is 17.4. The third kappa shape index (κ3) is 8.27. The first-order chi connectivity index (χ1) is 11.6. The van der Waals surface area contributed by atoms with Gasteiger partial charge in [0, 0.05) is 25.3 Å². The van der Waals surface area contributed by atoms with E-state index in [1.165, 1.54) is 18.4 Å². The SMILES string of the molecule is CCNC(=NCc1ccc(C)cc1OCC1CC1)NCC(C)CO.I. The van der Waals surface area contributed by atoms with Crippen LogP contribution < -0.4 is 15.4 Å². The summed E-state index contributed by atoms with van der Waals surface area (Å²) in [7, 11) is 0. The molecule has 3 N–H and O–H groups in total. The molecule has 1 atom stereocenters. The molecule has 1 unspecified atom stereocenters. The van der Waals surface area contributed by atoms with Crippen LogP contribution in [-0.2, 0) is 6.54 Å². The molecule has 0 aliphatic heterocycles. The van der Waals surface area contributed by atoms with Gasteiger partial charge in [0.1, 0.15) is 5.75 Å². The lowest BCUT2D eigenvalue weighted by atomic mass is 10.1. The van der Waals surface area contributed by atoms with Crippen molar-refractivity contribution in [1.29, 1.82) is 0 Å². The molecule has 1 aromatic carbocycles. The molecule has 0 radical (unpaired) electrons. The van der Waals surface area contributed by atoms with Crippen molar-refractivity contribution in [2.45, 2.75) is 40.2 Å². The van der Waals surface area contributed by atoms with E-state index < -0.39 is 0 Å². The van der Waals surface area contributed by atoms with Crippen molar-refractivity contribution >= 4 is 29.9 Å². The summed E-state index contributed by atoms with van der Waals surface area (Å²) >= 11 is 0. The largest absolute Gasteiger partial charge is 0.493 e. The molecule has 5 nitrogen and oxygen atoms in total. The highest BCUT2D eigenvalue weighted by atomic mass is 127. The fourth-order valence-corrected chi connectivity index (χ4v) is 2.26. The number of benzene rings is 1. The fourth-order valence-electron chi connectivity index (χ4n) is 2.26. The Morgan fingerprint density at radius 3 is 2.76 bits per heavy atom. The molecule has 0 aromatic heterocycles. The number of halogens is 1. The minimum Gasteiger partial charge on any atom is -0.493 e. The van der Waals surface area contributed by atoms with E-state index in [0.717, 1.165) is 36.3 Å². The lowest BCUT2D eigenvalue weighted by Crippen LogP contribution is -2.39. The summed E-state index contributed by atoms with van der Waals surface area (Å²) < 4.78 is 6.01. The first-order valence-electron chi connectivity index (χ1n) is 8.97. The summed E-state index contributed by atoms with van der Waals surface area (Å²) in [4.78, 5) is 4.66. The Morgan fingerprint density at radius 1 is 1.36 bits per heavy atom. The van der Waals surface area contributed by atoms with E-state index in [2.05, 4.69) is 40.7 Å². The number of hydrogen-bond donors (Lipinski definition) is 3. The number of aliphatic hydroxyl groups excluding tert-OH is 1. The number of nitrogens with one attached hydrogen (secondary N) is 2. The Morgan fingerprint density at radius 2 is 2.12 bits per heavy atom. The zero-order valence-corrected chi connectivity index (χ0v) is 17.9. The van der Waals surface area contributed by atoms with Gasteiger partial charge < -0.3 is 20.5 Å². The van der Waals surface area contributed by atoms with E-state index in [1.807, 2.05) is 13.8 Å². The molecule has 0 spiro atoms. The molecule has 6 heteroatoms. The molecular weight excluding hydrogens is 429 g/mol. The van der Waals surface area contributed by atoms with Crippen molar-refractivity contribution in [2.75, 3.05) is 26.3 Å². The summed E-state index contributed by atoms with van der Waals surface area (Å²) in [5.74, 6) is 2.66. The van der Waals surface area contributed by atoms with E-state index >= 15 is 0 Å². The lowest BCUT2D eigenvalue weighted by molar-refractivity contribution is 0.238. The maximum atomic E-state index is 9.14. The van der Waals surface area contributed by atoms with Gasteiger partial charge in [-0.3, -0.25) is 0 Å². The van der Waals surface area contributed by atoms with Crippen molar-refractivity contribution in [3.8, 4) is 5.75 Å². The van der Waals surface area contributed by atoms with Crippen LogP contribution in [0.15, 0.2) is 23.2 Å². The Kier molecular flexibility index (Phi) is 10.2. The van der Waals surface area contributed by atoms with Crippen molar-refractivity contribution in [2.24, 2.45) is 16.8 Å². The number of aliphatic hydroxyl groups is 1. The molecule has 1 aliphatic rings. The highest BCUT2D eigenvalue weighted by Crippen LogP contribution is 2.30. The van der Waals surface area contributed by atoms with Crippen LogP contribution in [0, 0.1) is 18.8 Å². The van der Waals surface area contributed by atoms with Gasteiger partial charge in [-0.25, -0.2) is 4.99 Å². The van der Waals surface area contributed by atoms with Gasteiger partial charge in [-0.2, -0.15) is 0 Å². The smallest absolute Gasteiger partial charge is 0.191 e. The molecule has 0 saturated heterocycles. The summed E-state index contributed by atoms with van der Waals surface area (Å²) in [6.45, 7) is 9.18. The Hall–Kier alpha value is -1.02.